The maximum absolute atomic E-state index is 12.0. The predicted octanol–water partition coefficient (Wildman–Crippen LogP) is 1.79. The lowest BCUT2D eigenvalue weighted by atomic mass is 10.2. The van der Waals surface area contributed by atoms with Gasteiger partial charge in [-0.15, -0.1) is 11.3 Å². The first-order valence-electron chi connectivity index (χ1n) is 6.15. The molecule has 1 aromatic heterocycles. The molecule has 6 nitrogen and oxygen atoms in total. The Balaban J connectivity index is 1.81. The summed E-state index contributed by atoms with van der Waals surface area (Å²) in [5.74, 6) is -0.925. The van der Waals surface area contributed by atoms with Crippen molar-refractivity contribution in [1.82, 2.24) is 10.2 Å². The van der Waals surface area contributed by atoms with Gasteiger partial charge >= 0.3 is 12.0 Å². The molecule has 2 heterocycles. The Morgan fingerprint density at radius 1 is 1.55 bits per heavy atom. The number of nitrogens with one attached hydrogen (secondary N) is 1. The van der Waals surface area contributed by atoms with Gasteiger partial charge in [-0.2, -0.15) is 0 Å². The quantitative estimate of drug-likeness (QED) is 0.887. The molecule has 0 aliphatic carbocycles. The number of morpholine rings is 1. The van der Waals surface area contributed by atoms with Crippen LogP contribution in [0.1, 0.15) is 11.3 Å². The molecule has 0 radical (unpaired) electrons. The Morgan fingerprint density at radius 2 is 2.35 bits per heavy atom. The van der Waals surface area contributed by atoms with Crippen molar-refractivity contribution in [2.24, 2.45) is 0 Å². The number of carboxylic acid groups (broad SMARTS) is 1. The molecule has 2 N–H and O–H groups in total. The molecule has 2 rings (SSSR count). The first kappa shape index (κ1) is 15.1. The smallest absolute Gasteiger partial charge is 0.317 e. The van der Waals surface area contributed by atoms with Crippen molar-refractivity contribution in [1.29, 1.82) is 0 Å². The van der Waals surface area contributed by atoms with E-state index in [0.717, 1.165) is 4.88 Å². The number of amides is 2. The van der Waals surface area contributed by atoms with Crippen molar-refractivity contribution in [2.45, 2.75) is 19.1 Å². The van der Waals surface area contributed by atoms with E-state index in [-0.39, 0.29) is 12.5 Å². The molecule has 0 bridgehead atoms. The summed E-state index contributed by atoms with van der Waals surface area (Å²) in [6, 6.07) is 3.43. The van der Waals surface area contributed by atoms with Crippen LogP contribution in [0, 0.1) is 0 Å². The Morgan fingerprint density at radius 3 is 3.00 bits per heavy atom. The second-order valence-corrected chi connectivity index (χ2v) is 6.20. The van der Waals surface area contributed by atoms with Gasteiger partial charge in [0, 0.05) is 18.0 Å². The lowest BCUT2D eigenvalue weighted by Gasteiger charge is -2.32. The van der Waals surface area contributed by atoms with E-state index in [2.05, 4.69) is 5.32 Å². The molecule has 1 unspecified atom stereocenters. The number of halogens is 1. The Hall–Kier alpha value is -1.31. The fourth-order valence-corrected chi connectivity index (χ4v) is 2.97. The zero-order valence-electron chi connectivity index (χ0n) is 10.7. The molecule has 110 valence electrons. The summed E-state index contributed by atoms with van der Waals surface area (Å²) < 4.78 is 6.00. The maximum Gasteiger partial charge on any atom is 0.317 e. The third kappa shape index (κ3) is 4.36. The van der Waals surface area contributed by atoms with Gasteiger partial charge in [-0.05, 0) is 12.1 Å². The van der Waals surface area contributed by atoms with Crippen molar-refractivity contribution in [3.63, 3.8) is 0 Å². The average molecular weight is 319 g/mol. The maximum atomic E-state index is 12.0. The van der Waals surface area contributed by atoms with Crippen LogP contribution in [0.15, 0.2) is 12.1 Å². The molecule has 0 saturated carbocycles. The molecule has 2 amide bonds. The minimum Gasteiger partial charge on any atom is -0.481 e. The summed E-state index contributed by atoms with van der Waals surface area (Å²) in [5.41, 5.74) is 0. The van der Waals surface area contributed by atoms with Crippen molar-refractivity contribution in [3.05, 3.63) is 21.3 Å². The van der Waals surface area contributed by atoms with Gasteiger partial charge in [0.2, 0.25) is 0 Å². The van der Waals surface area contributed by atoms with Crippen LogP contribution >= 0.6 is 22.9 Å². The van der Waals surface area contributed by atoms with Gasteiger partial charge in [0.1, 0.15) is 0 Å². The van der Waals surface area contributed by atoms with Crippen LogP contribution in [0.4, 0.5) is 4.79 Å². The fourth-order valence-electron chi connectivity index (χ4n) is 1.94. The number of carbonyl (C=O) groups excluding carboxylic acids is 1. The normalized spacial score (nSPS) is 18.9. The van der Waals surface area contributed by atoms with Crippen LogP contribution in [-0.2, 0) is 16.1 Å². The van der Waals surface area contributed by atoms with Gasteiger partial charge in [-0.25, -0.2) is 4.79 Å². The Kier molecular flexibility index (Phi) is 5.22. The highest BCUT2D eigenvalue weighted by molar-refractivity contribution is 7.16. The van der Waals surface area contributed by atoms with Crippen LogP contribution in [0.25, 0.3) is 0 Å². The van der Waals surface area contributed by atoms with E-state index in [1.807, 2.05) is 6.07 Å². The highest BCUT2D eigenvalue weighted by atomic mass is 35.5. The minimum atomic E-state index is -0.925. The predicted molar refractivity (Wildman–Crippen MR) is 75.1 cm³/mol. The van der Waals surface area contributed by atoms with E-state index in [1.165, 1.54) is 11.3 Å². The number of thiophene rings is 1. The number of nitrogens with zero attached hydrogens (tertiary/aromatic N) is 1. The fraction of sp³-hybridized carbons (Fsp3) is 0.500. The highest BCUT2D eigenvalue weighted by Crippen LogP contribution is 2.21. The Labute approximate surface area is 125 Å². The SMILES string of the molecule is O=C(O)CC1CN(C(=O)NCc2ccc(Cl)s2)CCO1. The highest BCUT2D eigenvalue weighted by Gasteiger charge is 2.25. The molecule has 0 aromatic carbocycles. The van der Waals surface area contributed by atoms with Crippen LogP contribution in [0.3, 0.4) is 0 Å². The number of hydrogen-bond acceptors (Lipinski definition) is 4. The second kappa shape index (κ2) is 6.92. The molecule has 1 aliphatic heterocycles. The van der Waals surface area contributed by atoms with Crippen LogP contribution in [0.5, 0.6) is 0 Å². The molecular formula is C12H15ClN2O4S. The Bertz CT molecular complexity index is 494. The molecule has 1 fully saturated rings. The largest absolute Gasteiger partial charge is 0.481 e. The van der Waals surface area contributed by atoms with E-state index < -0.39 is 12.1 Å². The average Bonchev–Trinajstić information content (AvgIpc) is 2.81. The number of carboxylic acids is 1. The molecule has 8 heteroatoms. The molecule has 0 spiro atoms. The zero-order valence-corrected chi connectivity index (χ0v) is 12.2. The van der Waals surface area contributed by atoms with Crippen LogP contribution < -0.4 is 5.32 Å². The van der Waals surface area contributed by atoms with Gasteiger partial charge in [-0.3, -0.25) is 4.79 Å². The van der Waals surface area contributed by atoms with Crippen molar-refractivity contribution in [3.8, 4) is 0 Å². The summed E-state index contributed by atoms with van der Waals surface area (Å²) in [7, 11) is 0. The number of rotatable bonds is 4. The lowest BCUT2D eigenvalue weighted by Crippen LogP contribution is -2.49. The van der Waals surface area contributed by atoms with Crippen molar-refractivity contribution >= 4 is 34.9 Å². The molecule has 20 heavy (non-hydrogen) atoms. The van der Waals surface area contributed by atoms with E-state index in [9.17, 15) is 9.59 Å². The summed E-state index contributed by atoms with van der Waals surface area (Å²) in [5, 5.41) is 11.5. The van der Waals surface area contributed by atoms with Crippen LogP contribution in [0.2, 0.25) is 4.34 Å². The number of aliphatic carboxylic acids is 1. The van der Waals surface area contributed by atoms with Crippen LogP contribution in [-0.4, -0.2) is 47.8 Å². The summed E-state index contributed by atoms with van der Waals surface area (Å²) in [6.07, 6.45) is -0.534. The molecule has 1 aromatic rings. The van der Waals surface area contributed by atoms with Gasteiger partial charge in [-0.1, -0.05) is 11.6 Å². The standard InChI is InChI=1S/C12H15ClN2O4S/c13-10-2-1-9(20-10)6-14-12(18)15-3-4-19-8(7-15)5-11(16)17/h1-2,8H,3-7H2,(H,14,18)(H,16,17). The van der Waals surface area contributed by atoms with E-state index in [0.29, 0.717) is 30.6 Å². The summed E-state index contributed by atoms with van der Waals surface area (Å²) >= 11 is 7.23. The second-order valence-electron chi connectivity index (χ2n) is 4.40. The van der Waals surface area contributed by atoms with Gasteiger partial charge in [0.25, 0.3) is 0 Å². The minimum absolute atomic E-state index is 0.0929. The monoisotopic (exact) mass is 318 g/mol. The van der Waals surface area contributed by atoms with Crippen molar-refractivity contribution < 1.29 is 19.4 Å². The molecule has 1 saturated heterocycles. The third-order valence-corrected chi connectivity index (χ3v) is 4.10. The lowest BCUT2D eigenvalue weighted by molar-refractivity contribution is -0.141. The molecule has 1 aliphatic rings. The zero-order chi connectivity index (χ0) is 14.5. The first-order chi connectivity index (χ1) is 9.54. The van der Waals surface area contributed by atoms with Gasteiger partial charge in [0.05, 0.1) is 30.0 Å². The first-order valence-corrected chi connectivity index (χ1v) is 7.34. The number of urea groups is 1. The van der Waals surface area contributed by atoms with Gasteiger partial charge < -0.3 is 20.1 Å². The number of ether oxygens (including phenoxy) is 1. The topological polar surface area (TPSA) is 78.9 Å². The molecular weight excluding hydrogens is 304 g/mol. The number of carbonyl (C=O) groups is 2. The van der Waals surface area contributed by atoms with E-state index >= 15 is 0 Å². The summed E-state index contributed by atoms with van der Waals surface area (Å²) in [6.45, 7) is 1.53. The summed E-state index contributed by atoms with van der Waals surface area (Å²) in [4.78, 5) is 25.2. The third-order valence-electron chi connectivity index (χ3n) is 2.87. The van der Waals surface area contributed by atoms with Crippen molar-refractivity contribution in [2.75, 3.05) is 19.7 Å². The molecule has 1 atom stereocenters. The van der Waals surface area contributed by atoms with E-state index in [4.69, 9.17) is 21.4 Å². The van der Waals surface area contributed by atoms with Gasteiger partial charge in [0.15, 0.2) is 0 Å². The number of hydrogen-bond donors (Lipinski definition) is 2. The van der Waals surface area contributed by atoms with E-state index in [1.54, 1.807) is 11.0 Å².